The Morgan fingerprint density at radius 1 is 1.42 bits per heavy atom. The molecule has 1 fully saturated rings. The van der Waals surface area contributed by atoms with Gasteiger partial charge in [0.2, 0.25) is 0 Å². The van der Waals surface area contributed by atoms with Gasteiger partial charge in [-0.3, -0.25) is 0 Å². The number of nitrogens with zero attached hydrogens (tertiary/aromatic N) is 1. The van der Waals surface area contributed by atoms with Crippen molar-refractivity contribution in [3.05, 3.63) is 28.8 Å². The number of hydrogen-bond acceptors (Lipinski definition) is 3. The van der Waals surface area contributed by atoms with Crippen LogP contribution in [0.25, 0.3) is 0 Å². The van der Waals surface area contributed by atoms with Crippen molar-refractivity contribution in [2.24, 2.45) is 5.73 Å². The molecule has 4 heteroatoms. The maximum Gasteiger partial charge on any atom is 0.0605 e. The summed E-state index contributed by atoms with van der Waals surface area (Å²) in [6.45, 7) is 4.10. The first kappa shape index (κ1) is 14.6. The molecule has 1 aliphatic rings. The number of nitrogens with two attached hydrogens (primary N) is 1. The zero-order chi connectivity index (χ0) is 13.8. The van der Waals surface area contributed by atoms with Crippen molar-refractivity contribution in [3.63, 3.8) is 0 Å². The summed E-state index contributed by atoms with van der Waals surface area (Å²) in [5, 5.41) is 0.783. The normalized spacial score (nSPS) is 18.6. The topological polar surface area (TPSA) is 38.5 Å². The molecule has 106 valence electrons. The van der Waals surface area contributed by atoms with Crippen LogP contribution in [0.2, 0.25) is 5.02 Å². The molecule has 1 saturated heterocycles. The predicted molar refractivity (Wildman–Crippen MR) is 81.0 cm³/mol. The first-order valence-electron chi connectivity index (χ1n) is 6.92. The maximum absolute atomic E-state index is 6.11. The van der Waals surface area contributed by atoms with Crippen LogP contribution in [0.1, 0.15) is 25.3 Å². The second-order valence-electron chi connectivity index (χ2n) is 5.38. The molecule has 19 heavy (non-hydrogen) atoms. The lowest BCUT2D eigenvalue weighted by Crippen LogP contribution is -2.37. The molecule has 1 atom stereocenters. The standard InChI is InChI=1S/C15H23ClN2O/c1-11(17)9-12-10-13(16)3-4-15(12)18-7-5-14(19-2)6-8-18/h3-4,10-11,14H,5-9,17H2,1-2H3. The van der Waals surface area contributed by atoms with Gasteiger partial charge < -0.3 is 15.4 Å². The number of piperidine rings is 1. The Morgan fingerprint density at radius 2 is 2.11 bits per heavy atom. The van der Waals surface area contributed by atoms with Gasteiger partial charge in [0.1, 0.15) is 0 Å². The molecule has 0 radical (unpaired) electrons. The molecular formula is C15H23ClN2O. The number of halogens is 1. The lowest BCUT2D eigenvalue weighted by Gasteiger charge is -2.34. The number of ether oxygens (including phenoxy) is 1. The maximum atomic E-state index is 6.11. The molecule has 0 spiro atoms. The molecule has 0 aliphatic carbocycles. The molecule has 1 unspecified atom stereocenters. The van der Waals surface area contributed by atoms with E-state index in [4.69, 9.17) is 22.1 Å². The van der Waals surface area contributed by atoms with Crippen molar-refractivity contribution in [3.8, 4) is 0 Å². The van der Waals surface area contributed by atoms with E-state index < -0.39 is 0 Å². The summed E-state index contributed by atoms with van der Waals surface area (Å²) in [6.07, 6.45) is 3.42. The second-order valence-corrected chi connectivity index (χ2v) is 5.81. The van der Waals surface area contributed by atoms with Crippen molar-refractivity contribution >= 4 is 17.3 Å². The zero-order valence-corrected chi connectivity index (χ0v) is 12.5. The van der Waals surface area contributed by atoms with Crippen LogP contribution in [0.5, 0.6) is 0 Å². The van der Waals surface area contributed by atoms with E-state index in [9.17, 15) is 0 Å². The fraction of sp³-hybridized carbons (Fsp3) is 0.600. The van der Waals surface area contributed by atoms with Gasteiger partial charge in [-0.15, -0.1) is 0 Å². The highest BCUT2D eigenvalue weighted by Crippen LogP contribution is 2.28. The fourth-order valence-corrected chi connectivity index (χ4v) is 2.90. The summed E-state index contributed by atoms with van der Waals surface area (Å²) in [6, 6.07) is 6.27. The highest BCUT2D eigenvalue weighted by molar-refractivity contribution is 6.30. The Hall–Kier alpha value is -0.770. The van der Waals surface area contributed by atoms with Crippen LogP contribution in [0.4, 0.5) is 5.69 Å². The van der Waals surface area contributed by atoms with Crippen molar-refractivity contribution in [1.29, 1.82) is 0 Å². The van der Waals surface area contributed by atoms with E-state index in [-0.39, 0.29) is 6.04 Å². The van der Waals surface area contributed by atoms with E-state index in [2.05, 4.69) is 11.0 Å². The number of methoxy groups -OCH3 is 1. The first-order chi connectivity index (χ1) is 9.10. The number of benzene rings is 1. The third-order valence-corrected chi connectivity index (χ3v) is 3.93. The van der Waals surface area contributed by atoms with Gasteiger partial charge in [-0.1, -0.05) is 11.6 Å². The highest BCUT2D eigenvalue weighted by Gasteiger charge is 2.21. The van der Waals surface area contributed by atoms with Gasteiger partial charge in [0.25, 0.3) is 0 Å². The van der Waals surface area contributed by atoms with E-state index in [1.54, 1.807) is 7.11 Å². The Balaban J connectivity index is 2.15. The number of anilines is 1. The van der Waals surface area contributed by atoms with Crippen LogP contribution < -0.4 is 10.6 Å². The molecule has 2 rings (SSSR count). The van der Waals surface area contributed by atoms with Crippen molar-refractivity contribution in [2.75, 3.05) is 25.1 Å². The third kappa shape index (κ3) is 3.85. The van der Waals surface area contributed by atoms with Crippen LogP contribution in [0, 0.1) is 0 Å². The zero-order valence-electron chi connectivity index (χ0n) is 11.7. The number of rotatable bonds is 4. The average Bonchev–Trinajstić information content (AvgIpc) is 2.38. The van der Waals surface area contributed by atoms with Gasteiger partial charge in [0, 0.05) is 37.0 Å². The summed E-state index contributed by atoms with van der Waals surface area (Å²) in [5.74, 6) is 0. The van der Waals surface area contributed by atoms with E-state index in [1.807, 2.05) is 19.1 Å². The van der Waals surface area contributed by atoms with Gasteiger partial charge in [0.15, 0.2) is 0 Å². The monoisotopic (exact) mass is 282 g/mol. The largest absolute Gasteiger partial charge is 0.381 e. The van der Waals surface area contributed by atoms with E-state index in [0.717, 1.165) is 37.4 Å². The molecular weight excluding hydrogens is 260 g/mol. The molecule has 0 bridgehead atoms. The van der Waals surface area contributed by atoms with Gasteiger partial charge in [-0.25, -0.2) is 0 Å². The van der Waals surface area contributed by atoms with Gasteiger partial charge in [-0.2, -0.15) is 0 Å². The molecule has 0 aromatic heterocycles. The minimum atomic E-state index is 0.147. The quantitative estimate of drug-likeness (QED) is 0.923. The van der Waals surface area contributed by atoms with Gasteiger partial charge in [0.05, 0.1) is 6.10 Å². The summed E-state index contributed by atoms with van der Waals surface area (Å²) in [7, 11) is 1.80. The van der Waals surface area contributed by atoms with Crippen molar-refractivity contribution in [1.82, 2.24) is 0 Å². The molecule has 3 nitrogen and oxygen atoms in total. The van der Waals surface area contributed by atoms with Crippen molar-refractivity contribution < 1.29 is 4.74 Å². The Kier molecular flexibility index (Phi) is 5.08. The van der Waals surface area contributed by atoms with Crippen LogP contribution in [-0.2, 0) is 11.2 Å². The lowest BCUT2D eigenvalue weighted by molar-refractivity contribution is 0.0819. The van der Waals surface area contributed by atoms with Gasteiger partial charge in [-0.05, 0) is 49.9 Å². The molecule has 0 saturated carbocycles. The summed E-state index contributed by atoms with van der Waals surface area (Å²) >= 11 is 6.11. The summed E-state index contributed by atoms with van der Waals surface area (Å²) < 4.78 is 5.42. The summed E-state index contributed by atoms with van der Waals surface area (Å²) in [5.41, 5.74) is 8.46. The van der Waals surface area contributed by atoms with Gasteiger partial charge >= 0.3 is 0 Å². The molecule has 1 aromatic rings. The Bertz CT molecular complexity index is 415. The first-order valence-corrected chi connectivity index (χ1v) is 7.29. The van der Waals surface area contributed by atoms with Crippen LogP contribution in [-0.4, -0.2) is 32.3 Å². The predicted octanol–water partition coefficient (Wildman–Crippen LogP) is 2.84. The summed E-state index contributed by atoms with van der Waals surface area (Å²) in [4.78, 5) is 2.42. The van der Waals surface area contributed by atoms with Crippen LogP contribution in [0.3, 0.4) is 0 Å². The minimum Gasteiger partial charge on any atom is -0.381 e. The Morgan fingerprint density at radius 3 is 2.68 bits per heavy atom. The SMILES string of the molecule is COC1CCN(c2ccc(Cl)cc2CC(C)N)CC1. The smallest absolute Gasteiger partial charge is 0.0605 e. The second kappa shape index (κ2) is 6.60. The van der Waals surface area contributed by atoms with Crippen molar-refractivity contribution in [2.45, 2.75) is 38.3 Å². The van der Waals surface area contributed by atoms with Crippen LogP contribution >= 0.6 is 11.6 Å². The minimum absolute atomic E-state index is 0.147. The van der Waals surface area contributed by atoms with E-state index >= 15 is 0 Å². The average molecular weight is 283 g/mol. The number of hydrogen-bond donors (Lipinski definition) is 1. The molecule has 1 aromatic carbocycles. The fourth-order valence-electron chi connectivity index (χ4n) is 2.71. The van der Waals surface area contributed by atoms with Crippen LogP contribution in [0.15, 0.2) is 18.2 Å². The molecule has 1 heterocycles. The molecule has 0 amide bonds. The highest BCUT2D eigenvalue weighted by atomic mass is 35.5. The lowest BCUT2D eigenvalue weighted by atomic mass is 10.0. The Labute approximate surface area is 120 Å². The molecule has 1 aliphatic heterocycles. The van der Waals surface area contributed by atoms with E-state index in [1.165, 1.54) is 11.3 Å². The van der Waals surface area contributed by atoms with E-state index in [0.29, 0.717) is 6.10 Å². The third-order valence-electron chi connectivity index (χ3n) is 3.70. The molecule has 2 N–H and O–H groups in total.